The SMILES string of the molecule is C=C(C(=O)N(C(C)=O)c1ccccc1-c1ccc(Cl)cn1)/C(C)=N\N(C)F. The minimum atomic E-state index is -0.702. The first kappa shape index (κ1) is 20.3. The Kier molecular flexibility index (Phi) is 6.41. The van der Waals surface area contributed by atoms with Crippen LogP contribution in [0.15, 0.2) is 59.8 Å². The Morgan fingerprint density at radius 3 is 2.41 bits per heavy atom. The molecule has 6 nitrogen and oxygen atoms in total. The van der Waals surface area contributed by atoms with Gasteiger partial charge in [0, 0.05) is 18.7 Å². The molecule has 0 bridgehead atoms. The van der Waals surface area contributed by atoms with E-state index >= 15 is 0 Å². The van der Waals surface area contributed by atoms with Crippen LogP contribution in [0, 0.1) is 0 Å². The second-order valence-electron chi connectivity index (χ2n) is 5.65. The van der Waals surface area contributed by atoms with Crippen LogP contribution in [-0.4, -0.2) is 34.8 Å². The summed E-state index contributed by atoms with van der Waals surface area (Å²) in [6.07, 6.45) is 1.47. The number of nitrogens with zero attached hydrogens (tertiary/aromatic N) is 4. The van der Waals surface area contributed by atoms with Crippen molar-refractivity contribution in [2.75, 3.05) is 11.9 Å². The van der Waals surface area contributed by atoms with Crippen LogP contribution in [0.2, 0.25) is 5.02 Å². The molecule has 0 spiro atoms. The molecule has 27 heavy (non-hydrogen) atoms. The van der Waals surface area contributed by atoms with Gasteiger partial charge < -0.3 is 0 Å². The lowest BCUT2D eigenvalue weighted by Gasteiger charge is -2.23. The highest BCUT2D eigenvalue weighted by molar-refractivity contribution is 6.32. The first-order chi connectivity index (χ1) is 12.7. The lowest BCUT2D eigenvalue weighted by atomic mass is 10.1. The predicted octanol–water partition coefficient (Wildman–Crippen LogP) is 4.03. The number of anilines is 1. The van der Waals surface area contributed by atoms with Gasteiger partial charge in [0.25, 0.3) is 5.91 Å². The highest BCUT2D eigenvalue weighted by Crippen LogP contribution is 2.31. The topological polar surface area (TPSA) is 65.9 Å². The number of para-hydroxylation sites is 1. The highest BCUT2D eigenvalue weighted by atomic mass is 35.5. The monoisotopic (exact) mass is 388 g/mol. The summed E-state index contributed by atoms with van der Waals surface area (Å²) < 4.78 is 13.0. The van der Waals surface area contributed by atoms with Crippen LogP contribution in [0.25, 0.3) is 11.3 Å². The summed E-state index contributed by atoms with van der Waals surface area (Å²) in [4.78, 5) is 30.4. The maximum Gasteiger partial charge on any atom is 0.266 e. The molecule has 0 aliphatic carbocycles. The molecule has 0 aliphatic rings. The molecule has 140 valence electrons. The third-order valence-electron chi connectivity index (χ3n) is 3.65. The van der Waals surface area contributed by atoms with E-state index in [0.29, 0.717) is 22.0 Å². The summed E-state index contributed by atoms with van der Waals surface area (Å²) >= 11 is 5.88. The van der Waals surface area contributed by atoms with Gasteiger partial charge in [0.2, 0.25) is 5.91 Å². The number of amides is 2. The van der Waals surface area contributed by atoms with Crippen molar-refractivity contribution in [2.45, 2.75) is 13.8 Å². The van der Waals surface area contributed by atoms with Crippen LogP contribution in [0.4, 0.5) is 10.2 Å². The van der Waals surface area contributed by atoms with Gasteiger partial charge in [-0.2, -0.15) is 5.10 Å². The fraction of sp³-hybridized carbons (Fsp3) is 0.158. The van der Waals surface area contributed by atoms with Crippen LogP contribution < -0.4 is 4.90 Å². The van der Waals surface area contributed by atoms with Crippen molar-refractivity contribution < 1.29 is 14.1 Å². The molecule has 0 saturated carbocycles. The minimum absolute atomic E-state index is 0.0540. The summed E-state index contributed by atoms with van der Waals surface area (Å²) in [6, 6.07) is 10.1. The fourth-order valence-corrected chi connectivity index (χ4v) is 2.51. The zero-order valence-electron chi connectivity index (χ0n) is 15.1. The number of carbonyl (C=O) groups excluding carboxylic acids is 2. The number of pyridine rings is 1. The smallest absolute Gasteiger partial charge is 0.266 e. The predicted molar refractivity (Wildman–Crippen MR) is 104 cm³/mol. The van der Waals surface area contributed by atoms with Gasteiger partial charge in [-0.15, -0.1) is 5.23 Å². The summed E-state index contributed by atoms with van der Waals surface area (Å²) in [7, 11) is 1.07. The van der Waals surface area contributed by atoms with Gasteiger partial charge in [0.15, 0.2) is 0 Å². The van der Waals surface area contributed by atoms with Gasteiger partial charge in [-0.25, -0.2) is 4.90 Å². The van der Waals surface area contributed by atoms with E-state index in [4.69, 9.17) is 11.6 Å². The van der Waals surface area contributed by atoms with Crippen LogP contribution in [0.1, 0.15) is 13.8 Å². The molecule has 0 atom stereocenters. The molecule has 1 aromatic heterocycles. The lowest BCUT2D eigenvalue weighted by molar-refractivity contribution is -0.123. The summed E-state index contributed by atoms with van der Waals surface area (Å²) in [5.74, 6) is -1.23. The van der Waals surface area contributed by atoms with E-state index in [2.05, 4.69) is 16.7 Å². The second-order valence-corrected chi connectivity index (χ2v) is 6.08. The molecule has 1 heterocycles. The fourth-order valence-electron chi connectivity index (χ4n) is 2.40. The first-order valence-electron chi connectivity index (χ1n) is 7.92. The van der Waals surface area contributed by atoms with Crippen LogP contribution in [0.5, 0.6) is 0 Å². The number of imide groups is 1. The highest BCUT2D eigenvalue weighted by Gasteiger charge is 2.26. The molecule has 0 aliphatic heterocycles. The minimum Gasteiger partial charge on any atom is -0.274 e. The van der Waals surface area contributed by atoms with Crippen molar-refractivity contribution in [3.8, 4) is 11.3 Å². The molecule has 2 rings (SSSR count). The summed E-state index contributed by atoms with van der Waals surface area (Å²) in [6.45, 7) is 6.34. The van der Waals surface area contributed by atoms with Gasteiger partial charge in [-0.3, -0.25) is 14.6 Å². The van der Waals surface area contributed by atoms with Crippen molar-refractivity contribution in [3.05, 3.63) is 59.8 Å². The summed E-state index contributed by atoms with van der Waals surface area (Å²) in [5.41, 5.74) is 1.37. The summed E-state index contributed by atoms with van der Waals surface area (Å²) in [5, 5.41) is 4.05. The number of hydrogen-bond donors (Lipinski definition) is 0. The Balaban J connectivity index is 2.52. The standard InChI is InChI=1S/C19H18ClFN4O2/c1-12(13(2)23-24(4)21)19(27)25(14(3)26)18-8-6-5-7-16(18)17-10-9-15(20)11-22-17/h5-11H,1H2,2-4H3/b23-13-. The molecule has 0 saturated heterocycles. The molecule has 8 heteroatoms. The van der Waals surface area contributed by atoms with Gasteiger partial charge in [-0.1, -0.05) is 40.9 Å². The normalized spacial score (nSPS) is 11.1. The third-order valence-corrected chi connectivity index (χ3v) is 3.87. The molecular formula is C19H18ClFN4O2. The Morgan fingerprint density at radius 2 is 1.85 bits per heavy atom. The number of aromatic nitrogens is 1. The molecule has 0 unspecified atom stereocenters. The van der Waals surface area contributed by atoms with E-state index < -0.39 is 11.8 Å². The van der Waals surface area contributed by atoms with Crippen molar-refractivity contribution in [3.63, 3.8) is 0 Å². The number of hydrazone groups is 1. The van der Waals surface area contributed by atoms with Gasteiger partial charge in [0.1, 0.15) is 0 Å². The largest absolute Gasteiger partial charge is 0.274 e. The third kappa shape index (κ3) is 4.77. The second kappa shape index (κ2) is 8.55. The quantitative estimate of drug-likeness (QED) is 0.335. The van der Waals surface area contributed by atoms with E-state index in [1.165, 1.54) is 20.0 Å². The van der Waals surface area contributed by atoms with E-state index in [-0.39, 0.29) is 16.5 Å². The van der Waals surface area contributed by atoms with Gasteiger partial charge in [0.05, 0.1) is 34.7 Å². The number of benzene rings is 1. The molecule has 1 aromatic carbocycles. The Morgan fingerprint density at radius 1 is 1.19 bits per heavy atom. The van der Waals surface area contributed by atoms with Crippen molar-refractivity contribution in [1.82, 2.24) is 10.2 Å². The maximum atomic E-state index is 13.0. The number of hydrogen-bond acceptors (Lipinski definition) is 5. The van der Waals surface area contributed by atoms with E-state index in [9.17, 15) is 14.1 Å². The molecule has 0 N–H and O–H groups in total. The Hall–Kier alpha value is -3.06. The van der Waals surface area contributed by atoms with Crippen molar-refractivity contribution in [2.24, 2.45) is 5.10 Å². The van der Waals surface area contributed by atoms with Crippen LogP contribution in [-0.2, 0) is 9.59 Å². The number of halogens is 2. The van der Waals surface area contributed by atoms with E-state index in [0.717, 1.165) is 11.9 Å². The van der Waals surface area contributed by atoms with Gasteiger partial charge in [-0.05, 0) is 25.1 Å². The average Bonchev–Trinajstić information content (AvgIpc) is 2.61. The first-order valence-corrected chi connectivity index (χ1v) is 8.30. The zero-order chi connectivity index (χ0) is 20.1. The van der Waals surface area contributed by atoms with Gasteiger partial charge >= 0.3 is 0 Å². The average molecular weight is 389 g/mol. The molecule has 2 amide bonds. The van der Waals surface area contributed by atoms with Crippen molar-refractivity contribution in [1.29, 1.82) is 0 Å². The number of rotatable bonds is 5. The Labute approximate surface area is 161 Å². The molecular weight excluding hydrogens is 371 g/mol. The van der Waals surface area contributed by atoms with Crippen LogP contribution >= 0.6 is 11.6 Å². The molecule has 2 aromatic rings. The van der Waals surface area contributed by atoms with Crippen LogP contribution in [0.3, 0.4) is 0 Å². The zero-order valence-corrected chi connectivity index (χ0v) is 15.9. The number of carbonyl (C=O) groups is 2. The van der Waals surface area contributed by atoms with E-state index in [1.807, 2.05) is 0 Å². The molecule has 0 radical (unpaired) electrons. The van der Waals surface area contributed by atoms with E-state index in [1.54, 1.807) is 36.4 Å². The van der Waals surface area contributed by atoms with Crippen molar-refractivity contribution >= 4 is 34.8 Å². The Bertz CT molecular complexity index is 910. The molecule has 0 fully saturated rings. The maximum absolute atomic E-state index is 13.0. The lowest BCUT2D eigenvalue weighted by Crippen LogP contribution is -2.38.